The predicted molar refractivity (Wildman–Crippen MR) is 139 cm³/mol. The van der Waals surface area contributed by atoms with Gasteiger partial charge in [0.1, 0.15) is 11.8 Å². The van der Waals surface area contributed by atoms with Crippen molar-refractivity contribution in [2.45, 2.75) is 19.0 Å². The van der Waals surface area contributed by atoms with Gasteiger partial charge in [0, 0.05) is 33.9 Å². The van der Waals surface area contributed by atoms with Crippen molar-refractivity contribution in [3.63, 3.8) is 0 Å². The van der Waals surface area contributed by atoms with Crippen LogP contribution in [0, 0.1) is 0 Å². The lowest BCUT2D eigenvalue weighted by Gasteiger charge is -2.29. The molecule has 0 amide bonds. The zero-order valence-electron chi connectivity index (χ0n) is 18.1. The van der Waals surface area contributed by atoms with Crippen LogP contribution in [0.4, 0.5) is 5.69 Å². The molecule has 33 heavy (non-hydrogen) atoms. The van der Waals surface area contributed by atoms with Gasteiger partial charge >= 0.3 is 0 Å². The smallest absolute Gasteiger partial charge is 0.174 e. The Balaban J connectivity index is 1.63. The Kier molecular flexibility index (Phi) is 6.15. The highest BCUT2D eigenvalue weighted by Gasteiger charge is 2.42. The Morgan fingerprint density at radius 2 is 1.85 bits per heavy atom. The molecule has 0 aliphatic carbocycles. The number of ether oxygens (including phenoxy) is 1. The largest absolute Gasteiger partial charge is 0.494 e. The highest BCUT2D eigenvalue weighted by atomic mass is 79.9. The first-order chi connectivity index (χ1) is 16.2. The molecule has 5 nitrogen and oxygen atoms in total. The quantitative estimate of drug-likeness (QED) is 0.307. The van der Waals surface area contributed by atoms with E-state index in [-0.39, 0.29) is 12.1 Å². The van der Waals surface area contributed by atoms with Crippen LogP contribution in [0.25, 0.3) is 5.69 Å². The van der Waals surface area contributed by atoms with Gasteiger partial charge in [0.15, 0.2) is 5.11 Å². The predicted octanol–water partition coefficient (Wildman–Crippen LogP) is 6.21. The number of halogens is 1. The van der Waals surface area contributed by atoms with Crippen LogP contribution in [-0.4, -0.2) is 21.3 Å². The van der Waals surface area contributed by atoms with E-state index in [0.717, 1.165) is 33.0 Å². The number of aromatic nitrogens is 2. The molecule has 2 atom stereocenters. The topological polar surface area (TPSA) is 42.3 Å². The number of benzene rings is 2. The second-order valence-electron chi connectivity index (χ2n) is 7.71. The molecule has 4 aromatic rings. The number of hydrogen-bond donors (Lipinski definition) is 1. The van der Waals surface area contributed by atoms with Crippen molar-refractivity contribution in [3.05, 3.63) is 107 Å². The zero-order chi connectivity index (χ0) is 22.8. The van der Waals surface area contributed by atoms with Gasteiger partial charge in [0.05, 0.1) is 18.3 Å². The van der Waals surface area contributed by atoms with E-state index in [2.05, 4.69) is 78.3 Å². The van der Waals surface area contributed by atoms with E-state index in [9.17, 15) is 0 Å². The molecule has 0 bridgehead atoms. The second-order valence-corrected chi connectivity index (χ2v) is 9.01. The van der Waals surface area contributed by atoms with Crippen LogP contribution in [0.3, 0.4) is 0 Å². The van der Waals surface area contributed by atoms with Crippen molar-refractivity contribution in [1.82, 2.24) is 14.9 Å². The van der Waals surface area contributed by atoms with E-state index < -0.39 is 0 Å². The fourth-order valence-corrected chi connectivity index (χ4v) is 5.03. The molecular formula is C26H23BrN4OS. The van der Waals surface area contributed by atoms with Crippen molar-refractivity contribution >= 4 is 38.9 Å². The summed E-state index contributed by atoms with van der Waals surface area (Å²) in [6.45, 7) is 2.62. The molecule has 5 rings (SSSR count). The Hall–Kier alpha value is -3.16. The number of nitrogens with one attached hydrogen (secondary N) is 1. The van der Waals surface area contributed by atoms with Crippen LogP contribution in [0.2, 0.25) is 0 Å². The first kappa shape index (κ1) is 21.7. The van der Waals surface area contributed by atoms with Crippen molar-refractivity contribution in [2.75, 3.05) is 11.5 Å². The molecule has 3 heterocycles. The summed E-state index contributed by atoms with van der Waals surface area (Å²) in [5.74, 6) is 0.842. The van der Waals surface area contributed by atoms with Crippen molar-refractivity contribution in [3.8, 4) is 11.4 Å². The van der Waals surface area contributed by atoms with Crippen LogP contribution in [0.15, 0.2) is 95.7 Å². The highest BCUT2D eigenvalue weighted by molar-refractivity contribution is 9.10. The molecule has 2 aromatic heterocycles. The molecule has 1 aliphatic rings. The fraction of sp³-hybridized carbons (Fsp3) is 0.154. The summed E-state index contributed by atoms with van der Waals surface area (Å²) in [6, 6.07) is 26.4. The monoisotopic (exact) mass is 518 g/mol. The molecule has 0 saturated carbocycles. The molecule has 1 aliphatic heterocycles. The first-order valence-corrected chi connectivity index (χ1v) is 12.0. The molecule has 1 fully saturated rings. The number of hydrogen-bond acceptors (Lipinski definition) is 3. The molecule has 166 valence electrons. The van der Waals surface area contributed by atoms with Crippen LogP contribution in [-0.2, 0) is 0 Å². The van der Waals surface area contributed by atoms with Crippen LogP contribution in [0.1, 0.15) is 30.4 Å². The maximum atomic E-state index is 5.85. The first-order valence-electron chi connectivity index (χ1n) is 10.8. The Labute approximate surface area is 207 Å². The minimum atomic E-state index is -0.105. The van der Waals surface area contributed by atoms with Gasteiger partial charge in [0.2, 0.25) is 0 Å². The van der Waals surface area contributed by atoms with Crippen LogP contribution in [0.5, 0.6) is 5.75 Å². The summed E-state index contributed by atoms with van der Waals surface area (Å²) >= 11 is 9.46. The van der Waals surface area contributed by atoms with E-state index in [1.54, 1.807) is 0 Å². The summed E-state index contributed by atoms with van der Waals surface area (Å²) in [4.78, 5) is 6.83. The van der Waals surface area contributed by atoms with Crippen LogP contribution < -0.4 is 15.0 Å². The van der Waals surface area contributed by atoms with E-state index >= 15 is 0 Å². The van der Waals surface area contributed by atoms with Gasteiger partial charge in [-0.25, -0.2) is 0 Å². The SMILES string of the molecule is CCOc1ccc(N2C(=S)NC(c3ccccn3)C2c2cccn2-c2cccc(Br)c2)cc1. The maximum absolute atomic E-state index is 5.85. The Morgan fingerprint density at radius 3 is 2.58 bits per heavy atom. The molecule has 7 heteroatoms. The van der Waals surface area contributed by atoms with Gasteiger partial charge in [-0.3, -0.25) is 4.98 Å². The highest BCUT2D eigenvalue weighted by Crippen LogP contribution is 2.42. The van der Waals surface area contributed by atoms with E-state index in [1.807, 2.05) is 55.6 Å². The number of thiocarbonyl (C=S) groups is 1. The third-order valence-corrected chi connectivity index (χ3v) is 6.50. The summed E-state index contributed by atoms with van der Waals surface area (Å²) in [5, 5.41) is 4.20. The van der Waals surface area contributed by atoms with Gasteiger partial charge in [-0.15, -0.1) is 0 Å². The zero-order valence-corrected chi connectivity index (χ0v) is 20.5. The fourth-order valence-electron chi connectivity index (χ4n) is 4.30. The molecule has 1 N–H and O–H groups in total. The summed E-state index contributed by atoms with van der Waals surface area (Å²) < 4.78 is 8.89. The average Bonchev–Trinajstić information content (AvgIpc) is 3.45. The standard InChI is InChI=1S/C26H23BrN4OS/c1-2-32-21-13-11-19(12-14-21)31-25(24(29-26(31)33)22-9-3-4-15-28-22)23-10-6-16-30(23)20-8-5-7-18(27)17-20/h3-17,24-25H,2H2,1H3,(H,29,33). The van der Waals surface area contributed by atoms with Crippen molar-refractivity contribution in [1.29, 1.82) is 0 Å². The number of rotatable bonds is 6. The van der Waals surface area contributed by atoms with E-state index in [4.69, 9.17) is 17.0 Å². The molecule has 2 aromatic carbocycles. The lowest BCUT2D eigenvalue weighted by Crippen LogP contribution is -2.30. The van der Waals surface area contributed by atoms with Gasteiger partial charge in [-0.2, -0.15) is 0 Å². The molecular weight excluding hydrogens is 496 g/mol. The lowest BCUT2D eigenvalue weighted by atomic mass is 10.0. The normalized spacial score (nSPS) is 17.8. The lowest BCUT2D eigenvalue weighted by molar-refractivity contribution is 0.340. The van der Waals surface area contributed by atoms with Crippen molar-refractivity contribution < 1.29 is 4.74 Å². The number of pyridine rings is 1. The summed E-state index contributed by atoms with van der Waals surface area (Å²) in [7, 11) is 0. The average molecular weight is 519 g/mol. The van der Waals surface area contributed by atoms with E-state index in [1.165, 1.54) is 0 Å². The van der Waals surface area contributed by atoms with Gasteiger partial charge in [-0.05, 0) is 85.9 Å². The molecule has 0 spiro atoms. The van der Waals surface area contributed by atoms with Gasteiger partial charge in [0.25, 0.3) is 0 Å². The third kappa shape index (κ3) is 4.26. The Bertz CT molecular complexity index is 1260. The van der Waals surface area contributed by atoms with E-state index in [0.29, 0.717) is 11.7 Å². The third-order valence-electron chi connectivity index (χ3n) is 5.69. The summed E-state index contributed by atoms with van der Waals surface area (Å²) in [6.07, 6.45) is 3.91. The van der Waals surface area contributed by atoms with Crippen LogP contribution >= 0.6 is 28.1 Å². The minimum Gasteiger partial charge on any atom is -0.494 e. The number of nitrogens with zero attached hydrogens (tertiary/aromatic N) is 3. The Morgan fingerprint density at radius 1 is 1.00 bits per heavy atom. The summed E-state index contributed by atoms with van der Waals surface area (Å²) in [5.41, 5.74) is 4.14. The van der Waals surface area contributed by atoms with Gasteiger partial charge in [-0.1, -0.05) is 28.1 Å². The minimum absolute atomic E-state index is 0.0978. The number of anilines is 1. The molecule has 1 saturated heterocycles. The van der Waals surface area contributed by atoms with Gasteiger partial charge < -0.3 is 19.5 Å². The second kappa shape index (κ2) is 9.37. The molecule has 2 unspecified atom stereocenters. The molecule has 0 radical (unpaired) electrons. The van der Waals surface area contributed by atoms with Crippen molar-refractivity contribution in [2.24, 2.45) is 0 Å². The maximum Gasteiger partial charge on any atom is 0.174 e.